The van der Waals surface area contributed by atoms with Crippen molar-refractivity contribution in [1.82, 2.24) is 5.32 Å². The Bertz CT molecular complexity index is 358. The molecule has 1 atom stereocenters. The highest BCUT2D eigenvalue weighted by molar-refractivity contribution is 6.43. The second-order valence-electron chi connectivity index (χ2n) is 3.28. The molecular formula is C11H15Cl2NO2. The zero-order valence-corrected chi connectivity index (χ0v) is 10.8. The maximum absolute atomic E-state index is 9.26. The lowest BCUT2D eigenvalue weighted by atomic mass is 10.1. The average molecular weight is 264 g/mol. The fraction of sp³-hybridized carbons (Fsp3) is 0.455. The van der Waals surface area contributed by atoms with Crippen LogP contribution in [0, 0.1) is 0 Å². The molecule has 0 fully saturated rings. The van der Waals surface area contributed by atoms with Gasteiger partial charge >= 0.3 is 0 Å². The normalized spacial score (nSPS) is 12.6. The SMILES string of the molecule is CCNC(CO)c1ccc(OC)c(Cl)c1Cl. The van der Waals surface area contributed by atoms with Gasteiger partial charge in [-0.2, -0.15) is 0 Å². The Morgan fingerprint density at radius 3 is 2.56 bits per heavy atom. The Morgan fingerprint density at radius 1 is 1.38 bits per heavy atom. The van der Waals surface area contributed by atoms with Gasteiger partial charge in [-0.3, -0.25) is 0 Å². The van der Waals surface area contributed by atoms with E-state index in [-0.39, 0.29) is 12.6 Å². The topological polar surface area (TPSA) is 41.5 Å². The number of hydrogen-bond donors (Lipinski definition) is 2. The van der Waals surface area contributed by atoms with Crippen LogP contribution < -0.4 is 10.1 Å². The molecule has 0 amide bonds. The first-order valence-electron chi connectivity index (χ1n) is 5.01. The molecule has 0 aliphatic heterocycles. The Labute approximate surface area is 105 Å². The van der Waals surface area contributed by atoms with E-state index < -0.39 is 0 Å². The minimum Gasteiger partial charge on any atom is -0.495 e. The highest BCUT2D eigenvalue weighted by Gasteiger charge is 2.17. The van der Waals surface area contributed by atoms with Crippen molar-refractivity contribution in [1.29, 1.82) is 0 Å². The number of aliphatic hydroxyl groups excluding tert-OH is 1. The van der Waals surface area contributed by atoms with Gasteiger partial charge in [0.2, 0.25) is 0 Å². The summed E-state index contributed by atoms with van der Waals surface area (Å²) in [5.74, 6) is 0.531. The van der Waals surface area contributed by atoms with Crippen molar-refractivity contribution in [2.45, 2.75) is 13.0 Å². The van der Waals surface area contributed by atoms with Crippen molar-refractivity contribution in [3.05, 3.63) is 27.7 Å². The van der Waals surface area contributed by atoms with Gasteiger partial charge in [-0.1, -0.05) is 36.2 Å². The number of methoxy groups -OCH3 is 1. The van der Waals surface area contributed by atoms with Gasteiger partial charge in [-0.05, 0) is 18.2 Å². The molecule has 1 rings (SSSR count). The minimum atomic E-state index is -0.207. The first-order chi connectivity index (χ1) is 7.65. The highest BCUT2D eigenvalue weighted by atomic mass is 35.5. The third kappa shape index (κ3) is 2.80. The van der Waals surface area contributed by atoms with E-state index >= 15 is 0 Å². The first-order valence-corrected chi connectivity index (χ1v) is 5.77. The predicted molar refractivity (Wildman–Crippen MR) is 66.5 cm³/mol. The number of aliphatic hydroxyl groups is 1. The van der Waals surface area contributed by atoms with Gasteiger partial charge in [0.05, 0.1) is 24.8 Å². The van der Waals surface area contributed by atoms with E-state index in [0.29, 0.717) is 15.8 Å². The lowest BCUT2D eigenvalue weighted by Crippen LogP contribution is -2.24. The van der Waals surface area contributed by atoms with Crippen molar-refractivity contribution < 1.29 is 9.84 Å². The van der Waals surface area contributed by atoms with E-state index in [4.69, 9.17) is 27.9 Å². The van der Waals surface area contributed by atoms with Gasteiger partial charge in [0.25, 0.3) is 0 Å². The lowest BCUT2D eigenvalue weighted by Gasteiger charge is -2.18. The maximum Gasteiger partial charge on any atom is 0.139 e. The highest BCUT2D eigenvalue weighted by Crippen LogP contribution is 2.36. The lowest BCUT2D eigenvalue weighted by molar-refractivity contribution is 0.246. The van der Waals surface area contributed by atoms with Crippen molar-refractivity contribution in [3.63, 3.8) is 0 Å². The van der Waals surface area contributed by atoms with Crippen LogP contribution in [0.5, 0.6) is 5.75 Å². The maximum atomic E-state index is 9.26. The summed E-state index contributed by atoms with van der Waals surface area (Å²) in [7, 11) is 1.53. The molecule has 0 radical (unpaired) electrons. The number of nitrogens with one attached hydrogen (secondary N) is 1. The molecule has 0 heterocycles. The van der Waals surface area contributed by atoms with Crippen LogP contribution in [-0.4, -0.2) is 25.4 Å². The molecular weight excluding hydrogens is 249 g/mol. The molecule has 0 bridgehead atoms. The Hall–Kier alpha value is -0.480. The summed E-state index contributed by atoms with van der Waals surface area (Å²) in [4.78, 5) is 0. The summed E-state index contributed by atoms with van der Waals surface area (Å²) < 4.78 is 5.05. The summed E-state index contributed by atoms with van der Waals surface area (Å²) in [5, 5.41) is 13.2. The van der Waals surface area contributed by atoms with E-state index in [2.05, 4.69) is 5.32 Å². The van der Waals surface area contributed by atoms with Crippen LogP contribution in [0.4, 0.5) is 0 Å². The summed E-state index contributed by atoms with van der Waals surface area (Å²) in [6.45, 7) is 2.67. The standard InChI is InChI=1S/C11H15Cl2NO2/c1-3-14-8(6-15)7-4-5-9(16-2)11(13)10(7)12/h4-5,8,14-15H,3,6H2,1-2H3. The molecule has 1 unspecified atom stereocenters. The molecule has 16 heavy (non-hydrogen) atoms. The van der Waals surface area contributed by atoms with Crippen molar-refractivity contribution in [2.24, 2.45) is 0 Å². The fourth-order valence-corrected chi connectivity index (χ4v) is 2.03. The summed E-state index contributed by atoms with van der Waals surface area (Å²) >= 11 is 12.2. The molecule has 0 spiro atoms. The molecule has 0 aliphatic rings. The second-order valence-corrected chi connectivity index (χ2v) is 4.03. The van der Waals surface area contributed by atoms with E-state index in [0.717, 1.165) is 12.1 Å². The van der Waals surface area contributed by atoms with Gasteiger partial charge in [0.15, 0.2) is 0 Å². The van der Waals surface area contributed by atoms with Gasteiger partial charge in [-0.15, -0.1) is 0 Å². The Balaban J connectivity index is 3.09. The first kappa shape index (κ1) is 13.6. The van der Waals surface area contributed by atoms with Gasteiger partial charge in [0.1, 0.15) is 10.8 Å². The monoisotopic (exact) mass is 263 g/mol. The third-order valence-electron chi connectivity index (χ3n) is 2.31. The minimum absolute atomic E-state index is 0.0315. The average Bonchev–Trinajstić information content (AvgIpc) is 2.30. The van der Waals surface area contributed by atoms with Crippen LogP contribution >= 0.6 is 23.2 Å². The molecule has 1 aromatic rings. The number of halogens is 2. The van der Waals surface area contributed by atoms with Crippen molar-refractivity contribution >= 4 is 23.2 Å². The molecule has 5 heteroatoms. The molecule has 0 saturated heterocycles. The van der Waals surface area contributed by atoms with Crippen LogP contribution in [0.2, 0.25) is 10.0 Å². The second kappa shape index (κ2) is 6.30. The number of benzene rings is 1. The van der Waals surface area contributed by atoms with Crippen LogP contribution in [0.3, 0.4) is 0 Å². The van der Waals surface area contributed by atoms with E-state index in [1.165, 1.54) is 7.11 Å². The van der Waals surface area contributed by atoms with Gasteiger partial charge < -0.3 is 15.2 Å². The molecule has 90 valence electrons. The van der Waals surface area contributed by atoms with Crippen LogP contribution in [0.1, 0.15) is 18.5 Å². The van der Waals surface area contributed by atoms with Crippen LogP contribution in [-0.2, 0) is 0 Å². The summed E-state index contributed by atoms with van der Waals surface area (Å²) in [6, 6.07) is 3.33. The molecule has 1 aromatic carbocycles. The quantitative estimate of drug-likeness (QED) is 0.859. The number of hydrogen-bond acceptors (Lipinski definition) is 3. The zero-order chi connectivity index (χ0) is 12.1. The molecule has 2 N–H and O–H groups in total. The number of rotatable bonds is 5. The summed E-state index contributed by atoms with van der Waals surface area (Å²) in [6.07, 6.45) is 0. The van der Waals surface area contributed by atoms with E-state index in [9.17, 15) is 5.11 Å². The van der Waals surface area contributed by atoms with Crippen molar-refractivity contribution in [3.8, 4) is 5.75 Å². The third-order valence-corrected chi connectivity index (χ3v) is 3.18. The van der Waals surface area contributed by atoms with Gasteiger partial charge in [0, 0.05) is 0 Å². The smallest absolute Gasteiger partial charge is 0.139 e. The predicted octanol–water partition coefficient (Wildman–Crippen LogP) is 2.64. The Morgan fingerprint density at radius 2 is 2.06 bits per heavy atom. The van der Waals surface area contributed by atoms with E-state index in [1.54, 1.807) is 12.1 Å². The fourth-order valence-electron chi connectivity index (χ4n) is 1.49. The zero-order valence-electron chi connectivity index (χ0n) is 9.26. The van der Waals surface area contributed by atoms with E-state index in [1.807, 2.05) is 6.92 Å². The van der Waals surface area contributed by atoms with Gasteiger partial charge in [-0.25, -0.2) is 0 Å². The summed E-state index contributed by atoms with van der Waals surface area (Å²) in [5.41, 5.74) is 0.775. The Kier molecular flexibility index (Phi) is 5.35. The number of likely N-dealkylation sites (N-methyl/N-ethyl adjacent to an activating group) is 1. The molecule has 0 aromatic heterocycles. The van der Waals surface area contributed by atoms with Crippen molar-refractivity contribution in [2.75, 3.05) is 20.3 Å². The molecule has 0 aliphatic carbocycles. The molecule has 3 nitrogen and oxygen atoms in total. The largest absolute Gasteiger partial charge is 0.495 e. The molecule has 0 saturated carbocycles. The van der Waals surface area contributed by atoms with Crippen LogP contribution in [0.15, 0.2) is 12.1 Å². The van der Waals surface area contributed by atoms with Crippen LogP contribution in [0.25, 0.3) is 0 Å². The number of ether oxygens (including phenoxy) is 1.